The van der Waals surface area contributed by atoms with Crippen LogP contribution in [0.1, 0.15) is 24.5 Å². The highest BCUT2D eigenvalue weighted by molar-refractivity contribution is 5.99. The van der Waals surface area contributed by atoms with E-state index in [0.29, 0.717) is 23.2 Å². The lowest BCUT2D eigenvalue weighted by molar-refractivity contribution is 0.262. The molecule has 0 atom stereocenters. The van der Waals surface area contributed by atoms with Gasteiger partial charge in [0.05, 0.1) is 11.2 Å². The lowest BCUT2D eigenvalue weighted by Crippen LogP contribution is -2.20. The SMILES string of the molecule is Cn1nc(C2CC2)cc1NC(=O)Nc1ccc(Oc2ccc3ncccc3c2)cc1. The van der Waals surface area contributed by atoms with E-state index in [2.05, 4.69) is 20.7 Å². The highest BCUT2D eigenvalue weighted by atomic mass is 16.5. The molecule has 4 aromatic rings. The Hall–Kier alpha value is -3.87. The Morgan fingerprint density at radius 1 is 1.03 bits per heavy atom. The fourth-order valence-corrected chi connectivity index (χ4v) is 3.32. The van der Waals surface area contributed by atoms with Gasteiger partial charge in [-0.1, -0.05) is 6.07 Å². The van der Waals surface area contributed by atoms with Crippen molar-refractivity contribution in [3.05, 3.63) is 72.6 Å². The second-order valence-electron chi connectivity index (χ2n) is 7.42. The second-order valence-corrected chi connectivity index (χ2v) is 7.42. The zero-order valence-corrected chi connectivity index (χ0v) is 16.5. The number of carbonyl (C=O) groups excluding carboxylic acids is 1. The first-order valence-electron chi connectivity index (χ1n) is 9.89. The number of hydrogen-bond donors (Lipinski definition) is 2. The molecule has 5 rings (SSSR count). The molecule has 1 saturated carbocycles. The first-order chi connectivity index (χ1) is 14.6. The van der Waals surface area contributed by atoms with Crippen molar-refractivity contribution in [3.63, 3.8) is 0 Å². The van der Waals surface area contributed by atoms with Gasteiger partial charge >= 0.3 is 6.03 Å². The topological polar surface area (TPSA) is 81.1 Å². The molecular weight excluding hydrogens is 378 g/mol. The van der Waals surface area contributed by atoms with Crippen LogP contribution in [0.2, 0.25) is 0 Å². The van der Waals surface area contributed by atoms with Crippen molar-refractivity contribution in [1.29, 1.82) is 0 Å². The third-order valence-electron chi connectivity index (χ3n) is 5.06. The Morgan fingerprint density at radius 2 is 1.83 bits per heavy atom. The highest BCUT2D eigenvalue weighted by Crippen LogP contribution is 2.39. The van der Waals surface area contributed by atoms with Crippen LogP contribution in [0.5, 0.6) is 11.5 Å². The molecule has 0 bridgehead atoms. The predicted octanol–water partition coefficient (Wildman–Crippen LogP) is 5.28. The molecule has 2 amide bonds. The van der Waals surface area contributed by atoms with Crippen molar-refractivity contribution in [3.8, 4) is 11.5 Å². The lowest BCUT2D eigenvalue weighted by atomic mass is 10.2. The average molecular weight is 399 g/mol. The third kappa shape index (κ3) is 3.96. The zero-order chi connectivity index (χ0) is 20.5. The van der Waals surface area contributed by atoms with Crippen LogP contribution in [0.15, 0.2) is 66.9 Å². The van der Waals surface area contributed by atoms with E-state index in [0.717, 1.165) is 22.3 Å². The van der Waals surface area contributed by atoms with Crippen LogP contribution >= 0.6 is 0 Å². The smallest absolute Gasteiger partial charge is 0.324 e. The standard InChI is InChI=1S/C23H21N5O2/c1-28-22(14-21(27-28)15-4-5-15)26-23(29)25-17-6-8-18(9-7-17)30-19-10-11-20-16(13-19)3-2-12-24-20/h2-3,6-15H,4-5H2,1H3,(H2,25,26,29). The highest BCUT2D eigenvalue weighted by Gasteiger charge is 2.27. The number of rotatable bonds is 5. The molecular formula is C23H21N5O2. The first-order valence-corrected chi connectivity index (χ1v) is 9.89. The minimum atomic E-state index is -0.309. The number of hydrogen-bond acceptors (Lipinski definition) is 4. The van der Waals surface area contributed by atoms with Crippen molar-refractivity contribution >= 4 is 28.4 Å². The molecule has 150 valence electrons. The molecule has 0 spiro atoms. The van der Waals surface area contributed by atoms with Crippen LogP contribution < -0.4 is 15.4 Å². The molecule has 2 aromatic heterocycles. The van der Waals surface area contributed by atoms with Gasteiger partial charge in [0.2, 0.25) is 0 Å². The summed E-state index contributed by atoms with van der Waals surface area (Å²) in [6.45, 7) is 0. The molecule has 1 aliphatic rings. The van der Waals surface area contributed by atoms with Gasteiger partial charge < -0.3 is 10.1 Å². The first kappa shape index (κ1) is 18.2. The van der Waals surface area contributed by atoms with Gasteiger partial charge in [0.15, 0.2) is 0 Å². The number of anilines is 2. The van der Waals surface area contributed by atoms with Gasteiger partial charge in [-0.25, -0.2) is 4.79 Å². The number of ether oxygens (including phenoxy) is 1. The van der Waals surface area contributed by atoms with Crippen molar-refractivity contribution in [2.45, 2.75) is 18.8 Å². The number of nitrogens with one attached hydrogen (secondary N) is 2. The zero-order valence-electron chi connectivity index (χ0n) is 16.5. The minimum absolute atomic E-state index is 0.309. The molecule has 0 saturated heterocycles. The maximum Gasteiger partial charge on any atom is 0.324 e. The Kier molecular flexibility index (Phi) is 4.55. The van der Waals surface area contributed by atoms with Crippen molar-refractivity contribution < 1.29 is 9.53 Å². The molecule has 0 radical (unpaired) electrons. The van der Waals surface area contributed by atoms with Gasteiger partial charge in [0, 0.05) is 36.3 Å². The molecule has 1 fully saturated rings. The van der Waals surface area contributed by atoms with Crippen LogP contribution in [0.25, 0.3) is 10.9 Å². The Balaban J connectivity index is 1.21. The lowest BCUT2D eigenvalue weighted by Gasteiger charge is -2.09. The van der Waals surface area contributed by atoms with Gasteiger partial charge in [-0.2, -0.15) is 5.10 Å². The Bertz CT molecular complexity index is 1210. The summed E-state index contributed by atoms with van der Waals surface area (Å²) in [4.78, 5) is 16.6. The minimum Gasteiger partial charge on any atom is -0.457 e. The fourth-order valence-electron chi connectivity index (χ4n) is 3.32. The summed E-state index contributed by atoms with van der Waals surface area (Å²) in [5, 5.41) is 11.2. The number of urea groups is 1. The van der Waals surface area contributed by atoms with E-state index in [1.54, 1.807) is 23.0 Å². The molecule has 0 aliphatic heterocycles. The molecule has 30 heavy (non-hydrogen) atoms. The maximum absolute atomic E-state index is 12.3. The largest absolute Gasteiger partial charge is 0.457 e. The third-order valence-corrected chi connectivity index (χ3v) is 5.06. The number of pyridine rings is 1. The fraction of sp³-hybridized carbons (Fsp3) is 0.174. The molecule has 1 aliphatic carbocycles. The summed E-state index contributed by atoms with van der Waals surface area (Å²) in [7, 11) is 1.83. The molecule has 7 nitrogen and oxygen atoms in total. The monoisotopic (exact) mass is 399 g/mol. The summed E-state index contributed by atoms with van der Waals surface area (Å²) in [6, 6.07) is 18.5. The number of benzene rings is 2. The summed E-state index contributed by atoms with van der Waals surface area (Å²) in [5.41, 5.74) is 2.64. The van der Waals surface area contributed by atoms with Gasteiger partial charge in [0.25, 0.3) is 0 Å². The Morgan fingerprint density at radius 3 is 2.63 bits per heavy atom. The van der Waals surface area contributed by atoms with E-state index in [-0.39, 0.29) is 6.03 Å². The molecule has 7 heteroatoms. The number of aryl methyl sites for hydroxylation is 1. The average Bonchev–Trinajstić information content (AvgIpc) is 3.54. The van der Waals surface area contributed by atoms with Crippen LogP contribution in [0, 0.1) is 0 Å². The Labute approximate surface area is 173 Å². The second kappa shape index (κ2) is 7.51. The van der Waals surface area contributed by atoms with Crippen molar-refractivity contribution in [2.75, 3.05) is 10.6 Å². The van der Waals surface area contributed by atoms with E-state index < -0.39 is 0 Å². The quantitative estimate of drug-likeness (QED) is 0.478. The van der Waals surface area contributed by atoms with E-state index >= 15 is 0 Å². The number of nitrogens with zero attached hydrogens (tertiary/aromatic N) is 3. The summed E-state index contributed by atoms with van der Waals surface area (Å²) >= 11 is 0. The number of fused-ring (bicyclic) bond motifs is 1. The molecule has 0 unspecified atom stereocenters. The normalized spacial score (nSPS) is 13.2. The van der Waals surface area contributed by atoms with E-state index in [1.807, 2.05) is 55.6 Å². The van der Waals surface area contributed by atoms with Gasteiger partial charge in [-0.05, 0) is 61.4 Å². The van der Waals surface area contributed by atoms with Crippen LogP contribution in [-0.4, -0.2) is 20.8 Å². The molecule has 2 N–H and O–H groups in total. The molecule has 2 aromatic carbocycles. The van der Waals surface area contributed by atoms with E-state index in [1.165, 1.54) is 12.8 Å². The van der Waals surface area contributed by atoms with Crippen molar-refractivity contribution in [1.82, 2.24) is 14.8 Å². The van der Waals surface area contributed by atoms with Gasteiger partial charge in [-0.3, -0.25) is 15.0 Å². The summed E-state index contributed by atoms with van der Waals surface area (Å²) < 4.78 is 7.62. The van der Waals surface area contributed by atoms with E-state index in [9.17, 15) is 4.79 Å². The number of aromatic nitrogens is 3. The predicted molar refractivity (Wildman–Crippen MR) is 116 cm³/mol. The number of amides is 2. The van der Waals surface area contributed by atoms with Gasteiger partial charge in [-0.15, -0.1) is 0 Å². The summed E-state index contributed by atoms with van der Waals surface area (Å²) in [5.74, 6) is 2.64. The molecule has 2 heterocycles. The van der Waals surface area contributed by atoms with E-state index in [4.69, 9.17) is 4.74 Å². The van der Waals surface area contributed by atoms with Crippen LogP contribution in [-0.2, 0) is 7.05 Å². The van der Waals surface area contributed by atoms with Crippen LogP contribution in [0.4, 0.5) is 16.3 Å². The number of carbonyl (C=O) groups is 1. The summed E-state index contributed by atoms with van der Waals surface area (Å²) in [6.07, 6.45) is 4.12. The van der Waals surface area contributed by atoms with Crippen LogP contribution in [0.3, 0.4) is 0 Å². The maximum atomic E-state index is 12.3. The van der Waals surface area contributed by atoms with Crippen molar-refractivity contribution in [2.24, 2.45) is 7.05 Å². The van der Waals surface area contributed by atoms with Gasteiger partial charge in [0.1, 0.15) is 17.3 Å².